The van der Waals surface area contributed by atoms with E-state index in [1.54, 1.807) is 11.8 Å². The molecule has 28 heavy (non-hydrogen) atoms. The zero-order chi connectivity index (χ0) is 19.5. The maximum absolute atomic E-state index is 11.3. The number of ether oxygens (including phenoxy) is 1. The van der Waals surface area contributed by atoms with E-state index in [0.29, 0.717) is 5.75 Å². The van der Waals surface area contributed by atoms with Crippen LogP contribution in [0.15, 0.2) is 52.3 Å². The number of carbonyl (C=O) groups excluding carboxylic acids is 1. The smallest absolute Gasteiger partial charge is 0.308 e. The number of rotatable bonds is 5. The van der Waals surface area contributed by atoms with Crippen LogP contribution in [0.4, 0.5) is 11.4 Å². The summed E-state index contributed by atoms with van der Waals surface area (Å²) in [5, 5.41) is 0. The Bertz CT molecular complexity index is 846. The van der Waals surface area contributed by atoms with E-state index < -0.39 is 0 Å². The lowest BCUT2D eigenvalue weighted by Gasteiger charge is -2.34. The minimum absolute atomic E-state index is 0.281. The summed E-state index contributed by atoms with van der Waals surface area (Å²) < 4.78 is 5.30. The summed E-state index contributed by atoms with van der Waals surface area (Å²) in [4.78, 5) is 18.6. The van der Waals surface area contributed by atoms with Crippen molar-refractivity contribution < 1.29 is 9.53 Å². The molecule has 0 aliphatic carbocycles. The highest BCUT2D eigenvalue weighted by Gasteiger charge is 2.24. The maximum Gasteiger partial charge on any atom is 0.308 e. The molecule has 2 heterocycles. The Morgan fingerprint density at radius 2 is 1.86 bits per heavy atom. The summed E-state index contributed by atoms with van der Waals surface area (Å²) >= 11 is 1.75. The number of likely N-dealkylation sites (tertiary alicyclic amines) is 1. The van der Waals surface area contributed by atoms with Gasteiger partial charge in [0.2, 0.25) is 0 Å². The lowest BCUT2D eigenvalue weighted by molar-refractivity contribution is -0.131. The second-order valence-corrected chi connectivity index (χ2v) is 8.92. The molecule has 2 aromatic rings. The molecule has 1 fully saturated rings. The van der Waals surface area contributed by atoms with Gasteiger partial charge in [0.15, 0.2) is 0 Å². The van der Waals surface area contributed by atoms with Crippen LogP contribution in [0.3, 0.4) is 0 Å². The predicted molar refractivity (Wildman–Crippen MR) is 115 cm³/mol. The summed E-state index contributed by atoms with van der Waals surface area (Å²) in [6.45, 7) is 4.92. The Labute approximate surface area is 171 Å². The third-order valence-electron chi connectivity index (χ3n) is 5.69. The van der Waals surface area contributed by atoms with Gasteiger partial charge >= 0.3 is 5.97 Å². The van der Waals surface area contributed by atoms with Crippen molar-refractivity contribution in [2.75, 3.05) is 31.6 Å². The fourth-order valence-electron chi connectivity index (χ4n) is 4.17. The molecule has 0 saturated carbocycles. The normalized spacial score (nSPS) is 17.1. The highest BCUT2D eigenvalue weighted by Crippen LogP contribution is 2.49. The summed E-state index contributed by atoms with van der Waals surface area (Å²) in [6.07, 6.45) is 5.13. The van der Waals surface area contributed by atoms with Crippen molar-refractivity contribution in [3.05, 3.63) is 42.5 Å². The van der Waals surface area contributed by atoms with Gasteiger partial charge in [0.05, 0.1) is 11.4 Å². The lowest BCUT2D eigenvalue weighted by Crippen LogP contribution is -2.30. The first-order valence-electron chi connectivity index (χ1n) is 10.2. The molecule has 0 N–H and O–H groups in total. The van der Waals surface area contributed by atoms with E-state index in [9.17, 15) is 4.79 Å². The van der Waals surface area contributed by atoms with E-state index in [2.05, 4.69) is 47.2 Å². The van der Waals surface area contributed by atoms with Gasteiger partial charge in [-0.15, -0.1) is 0 Å². The molecule has 0 unspecified atom stereocenters. The predicted octanol–water partition coefficient (Wildman–Crippen LogP) is 5.34. The topological polar surface area (TPSA) is 32.8 Å². The van der Waals surface area contributed by atoms with Gasteiger partial charge in [-0.05, 0) is 82.1 Å². The molecule has 0 spiro atoms. The molecule has 0 amide bonds. The molecule has 4 rings (SSSR count). The molecule has 0 aromatic heterocycles. The standard InChI is InChI=1S/C23H28N2O2S/c1-17(26)27-19-9-10-21-23(16-19)28-22-8-4-3-7-20(22)25(21)13-5-6-18-11-14-24(2)15-12-18/h3-4,7-10,16,18H,5-6,11-15H2,1-2H3. The van der Waals surface area contributed by atoms with Gasteiger partial charge < -0.3 is 14.5 Å². The van der Waals surface area contributed by atoms with Crippen molar-refractivity contribution in [2.24, 2.45) is 5.92 Å². The zero-order valence-corrected chi connectivity index (χ0v) is 17.5. The highest BCUT2D eigenvalue weighted by molar-refractivity contribution is 7.99. The van der Waals surface area contributed by atoms with E-state index in [0.717, 1.165) is 17.4 Å². The molecule has 2 aliphatic rings. The van der Waals surface area contributed by atoms with Crippen LogP contribution in [0.5, 0.6) is 5.75 Å². The summed E-state index contributed by atoms with van der Waals surface area (Å²) in [6, 6.07) is 14.6. The van der Waals surface area contributed by atoms with Crippen LogP contribution in [0.1, 0.15) is 32.6 Å². The van der Waals surface area contributed by atoms with Gasteiger partial charge in [-0.2, -0.15) is 0 Å². The van der Waals surface area contributed by atoms with Crippen LogP contribution < -0.4 is 9.64 Å². The van der Waals surface area contributed by atoms with Crippen LogP contribution in [0.25, 0.3) is 0 Å². The molecule has 5 heteroatoms. The van der Waals surface area contributed by atoms with E-state index in [-0.39, 0.29) is 5.97 Å². The van der Waals surface area contributed by atoms with Crippen molar-refractivity contribution in [3.8, 4) is 5.75 Å². The van der Waals surface area contributed by atoms with Gasteiger partial charge in [-0.3, -0.25) is 4.79 Å². The Hall–Kier alpha value is -1.98. The highest BCUT2D eigenvalue weighted by atomic mass is 32.2. The van der Waals surface area contributed by atoms with Gasteiger partial charge in [0.1, 0.15) is 5.75 Å². The third-order valence-corrected chi connectivity index (χ3v) is 6.80. The Morgan fingerprint density at radius 3 is 2.64 bits per heavy atom. The number of esters is 1. The van der Waals surface area contributed by atoms with Gasteiger partial charge in [-0.1, -0.05) is 23.9 Å². The number of nitrogens with zero attached hydrogens (tertiary/aromatic N) is 2. The van der Waals surface area contributed by atoms with Gasteiger partial charge in [-0.25, -0.2) is 0 Å². The van der Waals surface area contributed by atoms with Crippen LogP contribution in [0.2, 0.25) is 0 Å². The summed E-state index contributed by atoms with van der Waals surface area (Å²) in [5.74, 6) is 1.19. The van der Waals surface area contributed by atoms with Crippen LogP contribution >= 0.6 is 11.8 Å². The number of hydrogen-bond donors (Lipinski definition) is 0. The molecule has 4 nitrogen and oxygen atoms in total. The fourth-order valence-corrected chi connectivity index (χ4v) is 5.30. The molecule has 2 aromatic carbocycles. The third kappa shape index (κ3) is 4.36. The molecule has 0 radical (unpaired) electrons. The Balaban J connectivity index is 1.50. The second kappa shape index (κ2) is 8.58. The average molecular weight is 397 g/mol. The summed E-state index contributed by atoms with van der Waals surface area (Å²) in [7, 11) is 2.22. The first-order chi connectivity index (χ1) is 13.6. The second-order valence-electron chi connectivity index (χ2n) is 7.83. The minimum atomic E-state index is -0.281. The van der Waals surface area contributed by atoms with E-state index in [1.165, 1.54) is 62.0 Å². The molecular formula is C23H28N2O2S. The van der Waals surface area contributed by atoms with E-state index in [1.807, 2.05) is 12.1 Å². The molecule has 2 aliphatic heterocycles. The van der Waals surface area contributed by atoms with Crippen molar-refractivity contribution in [2.45, 2.75) is 42.4 Å². The first kappa shape index (κ1) is 19.3. The number of hydrogen-bond acceptors (Lipinski definition) is 5. The van der Waals surface area contributed by atoms with Gasteiger partial charge in [0, 0.05) is 23.3 Å². The molecule has 148 valence electrons. The number of carbonyl (C=O) groups is 1. The molecule has 0 bridgehead atoms. The van der Waals surface area contributed by atoms with Crippen LogP contribution in [0, 0.1) is 5.92 Å². The average Bonchev–Trinajstić information content (AvgIpc) is 2.68. The van der Waals surface area contributed by atoms with Crippen LogP contribution in [-0.2, 0) is 4.79 Å². The molecule has 1 saturated heterocycles. The first-order valence-corrected chi connectivity index (χ1v) is 11.0. The molecular weight excluding hydrogens is 368 g/mol. The Morgan fingerprint density at radius 1 is 1.11 bits per heavy atom. The fraction of sp³-hybridized carbons (Fsp3) is 0.435. The largest absolute Gasteiger partial charge is 0.427 e. The van der Waals surface area contributed by atoms with Crippen molar-refractivity contribution in [1.82, 2.24) is 4.90 Å². The quantitative estimate of drug-likeness (QED) is 0.503. The summed E-state index contributed by atoms with van der Waals surface area (Å²) in [5.41, 5.74) is 2.49. The lowest BCUT2D eigenvalue weighted by atomic mass is 9.92. The number of fused-ring (bicyclic) bond motifs is 2. The van der Waals surface area contributed by atoms with Gasteiger partial charge in [0.25, 0.3) is 0 Å². The number of piperidine rings is 1. The Kier molecular flexibility index (Phi) is 5.93. The van der Waals surface area contributed by atoms with Crippen LogP contribution in [-0.4, -0.2) is 37.6 Å². The maximum atomic E-state index is 11.3. The minimum Gasteiger partial charge on any atom is -0.427 e. The van der Waals surface area contributed by atoms with Crippen molar-refractivity contribution in [1.29, 1.82) is 0 Å². The van der Waals surface area contributed by atoms with E-state index in [4.69, 9.17) is 4.74 Å². The van der Waals surface area contributed by atoms with E-state index >= 15 is 0 Å². The van der Waals surface area contributed by atoms with Crippen molar-refractivity contribution >= 4 is 29.1 Å². The number of para-hydroxylation sites is 1. The zero-order valence-electron chi connectivity index (χ0n) is 16.7. The monoisotopic (exact) mass is 396 g/mol. The molecule has 0 atom stereocenters. The number of anilines is 2. The SMILES string of the molecule is CC(=O)Oc1ccc2c(c1)Sc1ccccc1N2CCCC1CCN(C)CC1. The van der Waals surface area contributed by atoms with Crippen molar-refractivity contribution in [3.63, 3.8) is 0 Å². The number of benzene rings is 2.